The van der Waals surface area contributed by atoms with Gasteiger partial charge in [-0.05, 0) is 56.2 Å². The molecule has 166 valence electrons. The van der Waals surface area contributed by atoms with Gasteiger partial charge in [-0.15, -0.1) is 0 Å². The van der Waals surface area contributed by atoms with Crippen molar-refractivity contribution in [2.24, 2.45) is 0 Å². The molecule has 31 heavy (non-hydrogen) atoms. The molecule has 2 aromatic rings. The Hall–Kier alpha value is -3.07. The number of hydrogen-bond donors (Lipinski definition) is 1. The number of hydrogen-bond acceptors (Lipinski definition) is 5. The topological polar surface area (TPSA) is 96.0 Å². The molecule has 2 aromatic carbocycles. The van der Waals surface area contributed by atoms with Crippen LogP contribution in [0.5, 0.6) is 5.75 Å². The normalized spacial score (nSPS) is 14.7. The third-order valence-corrected chi connectivity index (χ3v) is 6.47. The van der Waals surface area contributed by atoms with Crippen molar-refractivity contribution < 1.29 is 22.7 Å². The number of anilines is 2. The fourth-order valence-corrected chi connectivity index (χ4v) is 4.82. The van der Waals surface area contributed by atoms with Crippen LogP contribution in [0, 0.1) is 0 Å². The number of sulfonamides is 1. The van der Waals surface area contributed by atoms with E-state index in [0.29, 0.717) is 35.8 Å². The number of benzene rings is 2. The summed E-state index contributed by atoms with van der Waals surface area (Å²) in [6.07, 6.45) is 2.97. The molecule has 1 atom stereocenters. The SMILES string of the molecule is COc1ccc(N([C@@H](C)C(=O)Nc2ccccc2C(=O)N2CCCC2)S(C)(=O)=O)cc1. The van der Waals surface area contributed by atoms with Gasteiger partial charge >= 0.3 is 0 Å². The third kappa shape index (κ3) is 5.16. The maximum Gasteiger partial charge on any atom is 0.255 e. The zero-order valence-electron chi connectivity index (χ0n) is 17.9. The number of carbonyl (C=O) groups is 2. The Kier molecular flexibility index (Phi) is 6.84. The highest BCUT2D eigenvalue weighted by molar-refractivity contribution is 7.92. The average molecular weight is 446 g/mol. The summed E-state index contributed by atoms with van der Waals surface area (Å²) in [7, 11) is -2.24. The number of nitrogens with zero attached hydrogens (tertiary/aromatic N) is 2. The van der Waals surface area contributed by atoms with Gasteiger partial charge in [0.25, 0.3) is 5.91 Å². The molecule has 0 spiro atoms. The van der Waals surface area contributed by atoms with E-state index in [1.165, 1.54) is 14.0 Å². The lowest BCUT2D eigenvalue weighted by Gasteiger charge is -2.28. The fraction of sp³-hybridized carbons (Fsp3) is 0.364. The van der Waals surface area contributed by atoms with Crippen LogP contribution in [0.2, 0.25) is 0 Å². The van der Waals surface area contributed by atoms with Crippen LogP contribution in [0.1, 0.15) is 30.1 Å². The van der Waals surface area contributed by atoms with Crippen LogP contribution in [-0.4, -0.2) is 57.6 Å². The lowest BCUT2D eigenvalue weighted by atomic mass is 10.1. The van der Waals surface area contributed by atoms with Crippen molar-refractivity contribution in [1.29, 1.82) is 0 Å². The fourth-order valence-electron chi connectivity index (χ4n) is 3.64. The van der Waals surface area contributed by atoms with E-state index < -0.39 is 22.0 Å². The average Bonchev–Trinajstić information content (AvgIpc) is 3.28. The van der Waals surface area contributed by atoms with Crippen molar-refractivity contribution in [2.45, 2.75) is 25.8 Å². The minimum Gasteiger partial charge on any atom is -0.497 e. The molecule has 1 saturated heterocycles. The van der Waals surface area contributed by atoms with E-state index in [4.69, 9.17) is 4.74 Å². The molecule has 2 amide bonds. The van der Waals surface area contributed by atoms with E-state index in [1.54, 1.807) is 53.4 Å². The summed E-state index contributed by atoms with van der Waals surface area (Å²) < 4.78 is 31.1. The summed E-state index contributed by atoms with van der Waals surface area (Å²) in [4.78, 5) is 27.6. The first-order valence-electron chi connectivity index (χ1n) is 10.0. The predicted molar refractivity (Wildman–Crippen MR) is 120 cm³/mol. The first-order valence-corrected chi connectivity index (χ1v) is 11.9. The lowest BCUT2D eigenvalue weighted by Crippen LogP contribution is -2.45. The highest BCUT2D eigenvalue weighted by Crippen LogP contribution is 2.25. The zero-order valence-corrected chi connectivity index (χ0v) is 18.7. The van der Waals surface area contributed by atoms with Gasteiger partial charge in [0.15, 0.2) is 0 Å². The third-order valence-electron chi connectivity index (χ3n) is 5.22. The smallest absolute Gasteiger partial charge is 0.255 e. The zero-order chi connectivity index (χ0) is 22.6. The summed E-state index contributed by atoms with van der Waals surface area (Å²) in [5, 5.41) is 2.74. The molecule has 0 saturated carbocycles. The molecule has 1 heterocycles. The molecule has 0 radical (unpaired) electrons. The Morgan fingerprint density at radius 2 is 1.68 bits per heavy atom. The summed E-state index contributed by atoms with van der Waals surface area (Å²) >= 11 is 0. The molecule has 1 aliphatic rings. The van der Waals surface area contributed by atoms with Gasteiger partial charge in [-0.3, -0.25) is 13.9 Å². The number of carbonyl (C=O) groups excluding carboxylic acids is 2. The second-order valence-corrected chi connectivity index (χ2v) is 9.33. The maximum atomic E-state index is 13.0. The van der Waals surface area contributed by atoms with E-state index in [0.717, 1.165) is 23.4 Å². The molecule has 1 fully saturated rings. The second-order valence-electron chi connectivity index (χ2n) is 7.47. The number of methoxy groups -OCH3 is 1. The number of para-hydroxylation sites is 1. The largest absolute Gasteiger partial charge is 0.497 e. The Balaban J connectivity index is 1.85. The molecular formula is C22H27N3O5S. The van der Waals surface area contributed by atoms with Gasteiger partial charge in [-0.1, -0.05) is 12.1 Å². The van der Waals surface area contributed by atoms with Crippen molar-refractivity contribution >= 4 is 33.2 Å². The van der Waals surface area contributed by atoms with Crippen molar-refractivity contribution in [3.8, 4) is 5.75 Å². The Bertz CT molecular complexity index is 1050. The van der Waals surface area contributed by atoms with Crippen molar-refractivity contribution in [2.75, 3.05) is 36.1 Å². The molecule has 0 unspecified atom stereocenters. The number of amides is 2. The molecule has 0 aromatic heterocycles. The van der Waals surface area contributed by atoms with Crippen LogP contribution in [0.3, 0.4) is 0 Å². The monoisotopic (exact) mass is 445 g/mol. The molecular weight excluding hydrogens is 418 g/mol. The minimum atomic E-state index is -3.76. The van der Waals surface area contributed by atoms with E-state index in [9.17, 15) is 18.0 Å². The number of ether oxygens (including phenoxy) is 1. The van der Waals surface area contributed by atoms with Gasteiger partial charge in [-0.2, -0.15) is 0 Å². The van der Waals surface area contributed by atoms with Crippen LogP contribution in [-0.2, 0) is 14.8 Å². The van der Waals surface area contributed by atoms with Gasteiger partial charge in [0.2, 0.25) is 15.9 Å². The molecule has 8 nitrogen and oxygen atoms in total. The van der Waals surface area contributed by atoms with Crippen LogP contribution in [0.25, 0.3) is 0 Å². The van der Waals surface area contributed by atoms with Crippen LogP contribution < -0.4 is 14.4 Å². The standard InChI is InChI=1S/C22H27N3O5S/c1-16(25(31(3,28)29)17-10-12-18(30-2)13-11-17)21(26)23-20-9-5-4-8-19(20)22(27)24-14-6-7-15-24/h4-5,8-13,16H,6-7,14-15H2,1-3H3,(H,23,26)/t16-/m0/s1. The molecule has 1 aliphatic heterocycles. The Morgan fingerprint density at radius 1 is 1.06 bits per heavy atom. The van der Waals surface area contributed by atoms with Crippen molar-refractivity contribution in [3.63, 3.8) is 0 Å². The first-order chi connectivity index (χ1) is 14.7. The molecule has 0 bridgehead atoms. The van der Waals surface area contributed by atoms with E-state index in [1.807, 2.05) is 0 Å². The predicted octanol–water partition coefficient (Wildman–Crippen LogP) is 2.72. The number of rotatable bonds is 7. The van der Waals surface area contributed by atoms with Crippen molar-refractivity contribution in [3.05, 3.63) is 54.1 Å². The molecule has 9 heteroatoms. The Morgan fingerprint density at radius 3 is 2.26 bits per heavy atom. The van der Waals surface area contributed by atoms with Gasteiger partial charge in [0.1, 0.15) is 11.8 Å². The highest BCUT2D eigenvalue weighted by atomic mass is 32.2. The van der Waals surface area contributed by atoms with Gasteiger partial charge in [0, 0.05) is 13.1 Å². The van der Waals surface area contributed by atoms with Gasteiger partial charge < -0.3 is 15.0 Å². The minimum absolute atomic E-state index is 0.142. The summed E-state index contributed by atoms with van der Waals surface area (Å²) in [5.74, 6) is -0.109. The van der Waals surface area contributed by atoms with Crippen molar-refractivity contribution in [1.82, 2.24) is 4.90 Å². The van der Waals surface area contributed by atoms with E-state index in [2.05, 4.69) is 5.32 Å². The summed E-state index contributed by atoms with van der Waals surface area (Å²) in [6.45, 7) is 2.89. The summed E-state index contributed by atoms with van der Waals surface area (Å²) in [5.41, 5.74) is 1.09. The van der Waals surface area contributed by atoms with Crippen LogP contribution >= 0.6 is 0 Å². The molecule has 0 aliphatic carbocycles. The molecule has 1 N–H and O–H groups in total. The number of likely N-dealkylation sites (tertiary alicyclic amines) is 1. The number of nitrogens with one attached hydrogen (secondary N) is 1. The maximum absolute atomic E-state index is 13.0. The quantitative estimate of drug-likeness (QED) is 0.707. The summed E-state index contributed by atoms with van der Waals surface area (Å²) in [6, 6.07) is 12.1. The molecule has 3 rings (SSSR count). The van der Waals surface area contributed by atoms with Crippen LogP contribution in [0.4, 0.5) is 11.4 Å². The van der Waals surface area contributed by atoms with Crippen LogP contribution in [0.15, 0.2) is 48.5 Å². The van der Waals surface area contributed by atoms with Gasteiger partial charge in [0.05, 0.1) is 30.3 Å². The first kappa shape index (κ1) is 22.6. The van der Waals surface area contributed by atoms with Gasteiger partial charge in [-0.25, -0.2) is 8.42 Å². The highest BCUT2D eigenvalue weighted by Gasteiger charge is 2.30. The lowest BCUT2D eigenvalue weighted by molar-refractivity contribution is -0.116. The van der Waals surface area contributed by atoms with E-state index in [-0.39, 0.29) is 5.91 Å². The second kappa shape index (κ2) is 9.38. The van der Waals surface area contributed by atoms with E-state index >= 15 is 0 Å². The Labute approximate surface area is 182 Å².